The Morgan fingerprint density at radius 2 is 2.14 bits per heavy atom. The second-order valence-electron chi connectivity index (χ2n) is 5.30. The van der Waals surface area contributed by atoms with Crippen molar-refractivity contribution >= 4 is 5.91 Å². The number of hydrogen-bond donors (Lipinski definition) is 2. The third-order valence-corrected chi connectivity index (χ3v) is 3.84. The number of rotatable bonds is 3. The maximum Gasteiger partial charge on any atom is 0.237 e. The Morgan fingerprint density at radius 3 is 2.81 bits per heavy atom. The minimum absolute atomic E-state index is 0.000424. The molecule has 2 rings (SSSR count). The summed E-state index contributed by atoms with van der Waals surface area (Å²) in [5, 5.41) is 2.77. The van der Waals surface area contributed by atoms with E-state index in [9.17, 15) is 4.79 Å². The predicted octanol–water partition coefficient (Wildman–Crippen LogP) is 1.10. The molecule has 112 valence electrons. The molecule has 1 heterocycles. The number of likely N-dealkylation sites (N-methyl/N-ethyl adjacent to an activating group) is 1. The molecule has 1 aromatic carbocycles. The number of piperidine rings is 1. The van der Waals surface area contributed by atoms with Crippen LogP contribution in [0.25, 0.3) is 0 Å². The summed E-state index contributed by atoms with van der Waals surface area (Å²) < 4.78 is 0. The second-order valence-corrected chi connectivity index (χ2v) is 5.30. The molecule has 21 heavy (non-hydrogen) atoms. The van der Waals surface area contributed by atoms with Crippen LogP contribution in [0.1, 0.15) is 30.4 Å². The molecular formula is C17H23N3O. The first-order valence-corrected chi connectivity index (χ1v) is 7.48. The van der Waals surface area contributed by atoms with Gasteiger partial charge in [0.05, 0.1) is 12.6 Å². The van der Waals surface area contributed by atoms with E-state index in [2.05, 4.69) is 34.2 Å². The highest BCUT2D eigenvalue weighted by Gasteiger charge is 2.27. The number of benzene rings is 1. The van der Waals surface area contributed by atoms with Crippen LogP contribution >= 0.6 is 0 Å². The van der Waals surface area contributed by atoms with Crippen molar-refractivity contribution in [2.24, 2.45) is 5.73 Å². The van der Waals surface area contributed by atoms with Crippen molar-refractivity contribution in [2.45, 2.75) is 31.8 Å². The van der Waals surface area contributed by atoms with Crippen LogP contribution in [-0.2, 0) is 11.3 Å². The van der Waals surface area contributed by atoms with Crippen molar-refractivity contribution in [3.63, 3.8) is 0 Å². The van der Waals surface area contributed by atoms with E-state index in [0.717, 1.165) is 37.9 Å². The monoisotopic (exact) mass is 285 g/mol. The van der Waals surface area contributed by atoms with Gasteiger partial charge in [-0.1, -0.05) is 30.4 Å². The maximum atomic E-state index is 12.0. The molecule has 4 nitrogen and oxygen atoms in total. The van der Waals surface area contributed by atoms with Gasteiger partial charge in [-0.3, -0.25) is 9.69 Å². The van der Waals surface area contributed by atoms with Gasteiger partial charge in [0.25, 0.3) is 0 Å². The Labute approximate surface area is 126 Å². The molecular weight excluding hydrogens is 262 g/mol. The fourth-order valence-corrected chi connectivity index (χ4v) is 2.72. The molecule has 1 aromatic rings. The topological polar surface area (TPSA) is 58.4 Å². The number of nitrogens with one attached hydrogen (secondary N) is 1. The molecule has 0 spiro atoms. The van der Waals surface area contributed by atoms with Crippen LogP contribution < -0.4 is 11.1 Å². The summed E-state index contributed by atoms with van der Waals surface area (Å²) in [6.45, 7) is 2.17. The van der Waals surface area contributed by atoms with Gasteiger partial charge >= 0.3 is 0 Å². The van der Waals surface area contributed by atoms with E-state index in [1.807, 2.05) is 12.1 Å². The Hall–Kier alpha value is -1.83. The number of nitrogens with two attached hydrogens (primary N) is 1. The summed E-state index contributed by atoms with van der Waals surface area (Å²) in [6.07, 6.45) is 3.23. The fraction of sp³-hybridized carbons (Fsp3) is 0.471. The Kier molecular flexibility index (Phi) is 5.79. The highest BCUT2D eigenvalue weighted by atomic mass is 16.2. The van der Waals surface area contributed by atoms with Crippen LogP contribution in [0.3, 0.4) is 0 Å². The Balaban J connectivity index is 2.03. The van der Waals surface area contributed by atoms with Gasteiger partial charge in [0.1, 0.15) is 0 Å². The Bertz CT molecular complexity index is 527. The summed E-state index contributed by atoms with van der Waals surface area (Å²) in [7, 11) is 1.71. The molecule has 0 bridgehead atoms. The Morgan fingerprint density at radius 1 is 1.38 bits per heavy atom. The first-order valence-electron chi connectivity index (χ1n) is 7.48. The van der Waals surface area contributed by atoms with E-state index in [1.165, 1.54) is 5.56 Å². The SMILES string of the molecule is CNC(=O)C1CCCCN1Cc1ccc(C#CCN)cc1. The van der Waals surface area contributed by atoms with Crippen molar-refractivity contribution in [3.05, 3.63) is 35.4 Å². The zero-order valence-electron chi connectivity index (χ0n) is 12.6. The minimum atomic E-state index is 0.000424. The van der Waals surface area contributed by atoms with Crippen LogP contribution in [0.15, 0.2) is 24.3 Å². The lowest BCUT2D eigenvalue weighted by Gasteiger charge is -2.34. The van der Waals surface area contributed by atoms with Crippen molar-refractivity contribution in [1.82, 2.24) is 10.2 Å². The highest BCUT2D eigenvalue weighted by molar-refractivity contribution is 5.81. The van der Waals surface area contributed by atoms with Crippen molar-refractivity contribution < 1.29 is 4.79 Å². The number of likely N-dealkylation sites (tertiary alicyclic amines) is 1. The van der Waals surface area contributed by atoms with E-state index < -0.39 is 0 Å². The maximum absolute atomic E-state index is 12.0. The number of carbonyl (C=O) groups is 1. The van der Waals surface area contributed by atoms with Gasteiger partial charge in [0.15, 0.2) is 0 Å². The average Bonchev–Trinajstić information content (AvgIpc) is 2.54. The largest absolute Gasteiger partial charge is 0.358 e. The van der Waals surface area contributed by atoms with Crippen LogP contribution in [-0.4, -0.2) is 37.0 Å². The normalized spacial score (nSPS) is 18.7. The van der Waals surface area contributed by atoms with Crippen LogP contribution in [0.2, 0.25) is 0 Å². The minimum Gasteiger partial charge on any atom is -0.358 e. The summed E-state index contributed by atoms with van der Waals surface area (Å²) in [4.78, 5) is 14.2. The van der Waals surface area contributed by atoms with E-state index in [4.69, 9.17) is 5.73 Å². The first-order chi connectivity index (χ1) is 10.2. The lowest BCUT2D eigenvalue weighted by molar-refractivity contribution is -0.127. The van der Waals surface area contributed by atoms with E-state index in [1.54, 1.807) is 7.05 Å². The fourth-order valence-electron chi connectivity index (χ4n) is 2.72. The predicted molar refractivity (Wildman–Crippen MR) is 84.5 cm³/mol. The molecule has 1 atom stereocenters. The third kappa shape index (κ3) is 4.32. The molecule has 0 saturated carbocycles. The molecule has 0 aliphatic carbocycles. The number of amides is 1. The summed E-state index contributed by atoms with van der Waals surface area (Å²) >= 11 is 0. The smallest absolute Gasteiger partial charge is 0.237 e. The van der Waals surface area contributed by atoms with E-state index in [0.29, 0.717) is 6.54 Å². The quantitative estimate of drug-likeness (QED) is 0.818. The van der Waals surface area contributed by atoms with Crippen molar-refractivity contribution in [1.29, 1.82) is 0 Å². The van der Waals surface area contributed by atoms with Crippen LogP contribution in [0.4, 0.5) is 0 Å². The van der Waals surface area contributed by atoms with Gasteiger partial charge in [-0.25, -0.2) is 0 Å². The zero-order valence-corrected chi connectivity index (χ0v) is 12.6. The van der Waals surface area contributed by atoms with Gasteiger partial charge in [0, 0.05) is 19.2 Å². The van der Waals surface area contributed by atoms with Crippen molar-refractivity contribution in [2.75, 3.05) is 20.1 Å². The van der Waals surface area contributed by atoms with Crippen molar-refractivity contribution in [3.8, 4) is 11.8 Å². The number of nitrogens with zero attached hydrogens (tertiary/aromatic N) is 1. The number of hydrogen-bond acceptors (Lipinski definition) is 3. The van der Waals surface area contributed by atoms with Gasteiger partial charge in [-0.2, -0.15) is 0 Å². The molecule has 1 aliphatic rings. The molecule has 0 aromatic heterocycles. The first kappa shape index (κ1) is 15.6. The average molecular weight is 285 g/mol. The summed E-state index contributed by atoms with van der Waals surface area (Å²) in [5.74, 6) is 5.99. The molecule has 0 radical (unpaired) electrons. The van der Waals surface area contributed by atoms with Crippen LogP contribution in [0.5, 0.6) is 0 Å². The summed E-state index contributed by atoms with van der Waals surface area (Å²) in [5.41, 5.74) is 7.56. The van der Waals surface area contributed by atoms with Gasteiger partial charge in [-0.05, 0) is 37.1 Å². The molecule has 1 amide bonds. The van der Waals surface area contributed by atoms with Gasteiger partial charge in [-0.15, -0.1) is 0 Å². The standard InChI is InChI=1S/C17H23N3O/c1-19-17(21)16-6-2-3-12-20(16)13-15-9-7-14(8-10-15)5-4-11-18/h7-10,16H,2-3,6,11-13,18H2,1H3,(H,19,21). The lowest BCUT2D eigenvalue weighted by Crippen LogP contribution is -2.48. The summed E-state index contributed by atoms with van der Waals surface area (Å²) in [6, 6.07) is 8.18. The third-order valence-electron chi connectivity index (χ3n) is 3.84. The molecule has 1 unspecified atom stereocenters. The lowest BCUT2D eigenvalue weighted by atomic mass is 10.00. The van der Waals surface area contributed by atoms with Gasteiger partial charge in [0.2, 0.25) is 5.91 Å². The molecule has 4 heteroatoms. The molecule has 1 fully saturated rings. The van der Waals surface area contributed by atoms with Gasteiger partial charge < -0.3 is 11.1 Å². The van der Waals surface area contributed by atoms with E-state index >= 15 is 0 Å². The zero-order chi connectivity index (χ0) is 15.1. The van der Waals surface area contributed by atoms with E-state index in [-0.39, 0.29) is 11.9 Å². The molecule has 1 aliphatic heterocycles. The molecule has 1 saturated heterocycles. The highest BCUT2D eigenvalue weighted by Crippen LogP contribution is 2.20. The molecule has 3 N–H and O–H groups in total. The second kappa shape index (κ2) is 7.82. The van der Waals surface area contributed by atoms with Crippen LogP contribution in [0, 0.1) is 11.8 Å². The number of carbonyl (C=O) groups excluding carboxylic acids is 1.